The van der Waals surface area contributed by atoms with E-state index in [1.54, 1.807) is 6.07 Å². The summed E-state index contributed by atoms with van der Waals surface area (Å²) in [6, 6.07) is 1.63. The summed E-state index contributed by atoms with van der Waals surface area (Å²) in [5.74, 6) is 0. The van der Waals surface area contributed by atoms with Crippen molar-refractivity contribution in [1.29, 1.82) is 0 Å². The molecule has 0 atom stereocenters. The molecular formula is C7H5BrClNO. The minimum atomic E-state index is 0.340. The van der Waals surface area contributed by atoms with Crippen molar-refractivity contribution in [1.82, 2.24) is 4.98 Å². The Bertz CT molecular complexity index is 277. The standard InChI is InChI=1S/C7H5BrClNO/c1-4-6(8)2-5(3-11)10-7(4)9/h2-3H,1H3. The molecule has 0 N–H and O–H groups in total. The SMILES string of the molecule is Cc1c(Br)cc(C=O)nc1Cl. The van der Waals surface area contributed by atoms with Gasteiger partial charge in [0.1, 0.15) is 10.8 Å². The van der Waals surface area contributed by atoms with E-state index in [9.17, 15) is 4.79 Å². The van der Waals surface area contributed by atoms with Crippen molar-refractivity contribution in [3.05, 3.63) is 26.9 Å². The van der Waals surface area contributed by atoms with Gasteiger partial charge in [0.25, 0.3) is 0 Å². The van der Waals surface area contributed by atoms with E-state index in [0.717, 1.165) is 10.0 Å². The predicted octanol–water partition coefficient (Wildman–Crippen LogP) is 2.62. The van der Waals surface area contributed by atoms with E-state index < -0.39 is 0 Å². The highest BCUT2D eigenvalue weighted by molar-refractivity contribution is 9.10. The Morgan fingerprint density at radius 2 is 2.36 bits per heavy atom. The van der Waals surface area contributed by atoms with E-state index in [4.69, 9.17) is 11.6 Å². The third-order valence-electron chi connectivity index (χ3n) is 1.29. The first-order chi connectivity index (χ1) is 5.15. The normalized spacial score (nSPS) is 9.73. The number of carbonyl (C=O) groups excluding carboxylic acids is 1. The summed E-state index contributed by atoms with van der Waals surface area (Å²) in [5.41, 5.74) is 1.18. The van der Waals surface area contributed by atoms with Gasteiger partial charge >= 0.3 is 0 Å². The Kier molecular flexibility index (Phi) is 2.62. The number of hydrogen-bond acceptors (Lipinski definition) is 2. The highest BCUT2D eigenvalue weighted by atomic mass is 79.9. The molecule has 11 heavy (non-hydrogen) atoms. The average Bonchev–Trinajstić information content (AvgIpc) is 1.99. The van der Waals surface area contributed by atoms with Crippen molar-refractivity contribution in [3.8, 4) is 0 Å². The van der Waals surface area contributed by atoms with Crippen LogP contribution in [0.2, 0.25) is 5.15 Å². The highest BCUT2D eigenvalue weighted by Gasteiger charge is 2.03. The Morgan fingerprint density at radius 1 is 1.73 bits per heavy atom. The molecule has 0 amide bonds. The second kappa shape index (κ2) is 3.32. The molecule has 0 radical (unpaired) electrons. The van der Waals surface area contributed by atoms with Gasteiger partial charge in [-0.2, -0.15) is 0 Å². The van der Waals surface area contributed by atoms with Gasteiger partial charge in [0.15, 0.2) is 6.29 Å². The van der Waals surface area contributed by atoms with Crippen molar-refractivity contribution in [2.45, 2.75) is 6.92 Å². The van der Waals surface area contributed by atoms with Crippen molar-refractivity contribution in [3.63, 3.8) is 0 Å². The molecule has 0 fully saturated rings. The van der Waals surface area contributed by atoms with Crippen LogP contribution < -0.4 is 0 Å². The molecule has 58 valence electrons. The summed E-state index contributed by atoms with van der Waals surface area (Å²) in [6.07, 6.45) is 0.663. The lowest BCUT2D eigenvalue weighted by atomic mass is 10.3. The summed E-state index contributed by atoms with van der Waals surface area (Å²) in [4.78, 5) is 14.1. The van der Waals surface area contributed by atoms with Gasteiger partial charge < -0.3 is 0 Å². The van der Waals surface area contributed by atoms with Gasteiger partial charge in [0.2, 0.25) is 0 Å². The molecule has 0 aliphatic rings. The summed E-state index contributed by atoms with van der Waals surface area (Å²) in [7, 11) is 0. The highest BCUT2D eigenvalue weighted by Crippen LogP contribution is 2.22. The third kappa shape index (κ3) is 1.79. The summed E-state index contributed by atoms with van der Waals surface area (Å²) in [6.45, 7) is 1.83. The lowest BCUT2D eigenvalue weighted by Crippen LogP contribution is -1.90. The topological polar surface area (TPSA) is 30.0 Å². The second-order valence-electron chi connectivity index (χ2n) is 2.06. The van der Waals surface area contributed by atoms with Crippen LogP contribution in [0.4, 0.5) is 0 Å². The van der Waals surface area contributed by atoms with E-state index in [1.807, 2.05) is 6.92 Å². The van der Waals surface area contributed by atoms with Gasteiger partial charge in [0.05, 0.1) is 0 Å². The van der Waals surface area contributed by atoms with Crippen LogP contribution >= 0.6 is 27.5 Å². The van der Waals surface area contributed by atoms with Crippen LogP contribution in [0.15, 0.2) is 10.5 Å². The Labute approximate surface area is 77.7 Å². The summed E-state index contributed by atoms with van der Waals surface area (Å²) < 4.78 is 0.805. The third-order valence-corrected chi connectivity index (χ3v) is 2.48. The molecule has 2 nitrogen and oxygen atoms in total. The molecular weight excluding hydrogens is 229 g/mol. The van der Waals surface area contributed by atoms with Crippen LogP contribution in [0.3, 0.4) is 0 Å². The fraction of sp³-hybridized carbons (Fsp3) is 0.143. The van der Waals surface area contributed by atoms with Gasteiger partial charge in [-0.3, -0.25) is 4.79 Å². The maximum absolute atomic E-state index is 10.3. The number of nitrogens with zero attached hydrogens (tertiary/aromatic N) is 1. The van der Waals surface area contributed by atoms with Crippen molar-refractivity contribution in [2.24, 2.45) is 0 Å². The summed E-state index contributed by atoms with van der Waals surface area (Å²) in [5, 5.41) is 0.362. The zero-order chi connectivity index (χ0) is 8.43. The van der Waals surface area contributed by atoms with Gasteiger partial charge in [-0.15, -0.1) is 0 Å². The second-order valence-corrected chi connectivity index (χ2v) is 3.27. The van der Waals surface area contributed by atoms with Gasteiger partial charge in [-0.25, -0.2) is 4.98 Å². The van der Waals surface area contributed by atoms with Gasteiger partial charge in [0, 0.05) is 10.0 Å². The molecule has 1 rings (SSSR count). The number of rotatable bonds is 1. The molecule has 0 aliphatic heterocycles. The fourth-order valence-corrected chi connectivity index (χ4v) is 1.36. The maximum Gasteiger partial charge on any atom is 0.168 e. The van der Waals surface area contributed by atoms with E-state index in [0.29, 0.717) is 17.1 Å². The molecule has 0 bridgehead atoms. The van der Waals surface area contributed by atoms with Crippen LogP contribution in [-0.2, 0) is 0 Å². The molecule has 0 aromatic carbocycles. The van der Waals surface area contributed by atoms with E-state index in [-0.39, 0.29) is 0 Å². The van der Waals surface area contributed by atoms with Crippen LogP contribution in [-0.4, -0.2) is 11.3 Å². The largest absolute Gasteiger partial charge is 0.296 e. The number of aromatic nitrogens is 1. The quantitative estimate of drug-likeness (QED) is 0.552. The predicted molar refractivity (Wildman–Crippen MR) is 47.1 cm³/mol. The molecule has 0 spiro atoms. The van der Waals surface area contributed by atoms with Crippen LogP contribution in [0.1, 0.15) is 16.1 Å². The molecule has 0 unspecified atom stereocenters. The molecule has 1 heterocycles. The first-order valence-corrected chi connectivity index (χ1v) is 4.10. The first-order valence-electron chi connectivity index (χ1n) is 2.93. The van der Waals surface area contributed by atoms with Crippen LogP contribution in [0.25, 0.3) is 0 Å². The monoisotopic (exact) mass is 233 g/mol. The number of hydrogen-bond donors (Lipinski definition) is 0. The van der Waals surface area contributed by atoms with E-state index in [2.05, 4.69) is 20.9 Å². The van der Waals surface area contributed by atoms with Gasteiger partial charge in [-0.05, 0) is 13.0 Å². The molecule has 1 aromatic rings. The van der Waals surface area contributed by atoms with Crippen molar-refractivity contribution in [2.75, 3.05) is 0 Å². The van der Waals surface area contributed by atoms with Crippen LogP contribution in [0, 0.1) is 6.92 Å². The Morgan fingerprint density at radius 3 is 2.82 bits per heavy atom. The minimum absolute atomic E-state index is 0.340. The number of halogens is 2. The van der Waals surface area contributed by atoms with E-state index >= 15 is 0 Å². The molecule has 1 aromatic heterocycles. The van der Waals surface area contributed by atoms with Crippen LogP contribution in [0.5, 0.6) is 0 Å². The maximum atomic E-state index is 10.3. The average molecular weight is 234 g/mol. The van der Waals surface area contributed by atoms with E-state index in [1.165, 1.54) is 0 Å². The Hall–Kier alpha value is -0.410. The zero-order valence-corrected chi connectivity index (χ0v) is 8.11. The zero-order valence-electron chi connectivity index (χ0n) is 5.77. The first kappa shape index (κ1) is 8.68. The molecule has 0 aliphatic carbocycles. The lowest BCUT2D eigenvalue weighted by Gasteiger charge is -1.99. The lowest BCUT2D eigenvalue weighted by molar-refractivity contribution is 0.111. The molecule has 0 saturated carbocycles. The van der Waals surface area contributed by atoms with Gasteiger partial charge in [-0.1, -0.05) is 27.5 Å². The number of aldehydes is 1. The fourth-order valence-electron chi connectivity index (χ4n) is 0.626. The molecule has 4 heteroatoms. The van der Waals surface area contributed by atoms with Crippen molar-refractivity contribution < 1.29 is 4.79 Å². The smallest absolute Gasteiger partial charge is 0.168 e. The number of pyridine rings is 1. The Balaban J connectivity index is 3.31. The summed E-state index contributed by atoms with van der Waals surface area (Å²) >= 11 is 8.95. The number of carbonyl (C=O) groups is 1. The molecule has 0 saturated heterocycles. The van der Waals surface area contributed by atoms with Crippen molar-refractivity contribution >= 4 is 33.8 Å². The minimum Gasteiger partial charge on any atom is -0.296 e.